The Morgan fingerprint density at radius 1 is 1.32 bits per heavy atom. The molecule has 6 heteroatoms. The molecule has 0 saturated carbocycles. The molecule has 0 aliphatic heterocycles. The van der Waals surface area contributed by atoms with Crippen molar-refractivity contribution in [3.63, 3.8) is 0 Å². The van der Waals surface area contributed by atoms with Crippen molar-refractivity contribution in [3.05, 3.63) is 33.9 Å². The zero-order valence-electron chi connectivity index (χ0n) is 11.9. The first-order chi connectivity index (χ1) is 9.08. The number of hydrogen-bond acceptors (Lipinski definition) is 3. The van der Waals surface area contributed by atoms with E-state index in [1.165, 1.54) is 5.56 Å². The van der Waals surface area contributed by atoms with Crippen molar-refractivity contribution in [1.29, 1.82) is 0 Å². The highest BCUT2D eigenvalue weighted by Crippen LogP contribution is 2.22. The van der Waals surface area contributed by atoms with Gasteiger partial charge in [0.05, 0.1) is 29.2 Å². The van der Waals surface area contributed by atoms with Crippen LogP contribution in [-0.2, 0) is 19.6 Å². The lowest BCUT2D eigenvalue weighted by Crippen LogP contribution is -2.11. The predicted molar refractivity (Wildman–Crippen MR) is 76.5 cm³/mol. The monoisotopic (exact) mass is 281 g/mol. The summed E-state index contributed by atoms with van der Waals surface area (Å²) in [5, 5.41) is 12.7. The van der Waals surface area contributed by atoms with Gasteiger partial charge in [-0.3, -0.25) is 9.36 Å². The van der Waals surface area contributed by atoms with E-state index in [4.69, 9.17) is 11.6 Å². The predicted octanol–water partition coefficient (Wildman–Crippen LogP) is 2.14. The normalized spacial score (nSPS) is 11.2. The zero-order valence-corrected chi connectivity index (χ0v) is 12.6. The first-order valence-corrected chi connectivity index (χ1v) is 6.83. The second kappa shape index (κ2) is 5.75. The minimum atomic E-state index is 0.656. The van der Waals surface area contributed by atoms with Gasteiger partial charge in [0.2, 0.25) is 0 Å². The van der Waals surface area contributed by atoms with Crippen LogP contribution in [0, 0.1) is 13.8 Å². The summed E-state index contributed by atoms with van der Waals surface area (Å²) in [5.74, 6) is 0. The van der Waals surface area contributed by atoms with Gasteiger partial charge >= 0.3 is 0 Å². The van der Waals surface area contributed by atoms with Crippen molar-refractivity contribution >= 4 is 11.6 Å². The van der Waals surface area contributed by atoms with Gasteiger partial charge in [0.15, 0.2) is 0 Å². The van der Waals surface area contributed by atoms with Crippen molar-refractivity contribution in [2.45, 2.75) is 40.4 Å². The standard InChI is InChI=1S/C13H20ClN5/c1-5-18-12(13(14)9(2)17-18)8-19-10(3)11(6-15-4)7-16-19/h7,15H,5-6,8H2,1-4H3. The lowest BCUT2D eigenvalue weighted by atomic mass is 10.2. The highest BCUT2D eigenvalue weighted by atomic mass is 35.5. The van der Waals surface area contributed by atoms with E-state index in [0.29, 0.717) is 6.54 Å². The van der Waals surface area contributed by atoms with Crippen molar-refractivity contribution in [3.8, 4) is 0 Å². The third-order valence-corrected chi connectivity index (χ3v) is 3.82. The number of nitrogens with zero attached hydrogens (tertiary/aromatic N) is 4. The average Bonchev–Trinajstić information content (AvgIpc) is 2.87. The molecule has 0 aromatic carbocycles. The van der Waals surface area contributed by atoms with Crippen molar-refractivity contribution < 1.29 is 0 Å². The van der Waals surface area contributed by atoms with Crippen LogP contribution in [0.3, 0.4) is 0 Å². The van der Waals surface area contributed by atoms with Crippen LogP contribution in [0.25, 0.3) is 0 Å². The molecule has 0 fully saturated rings. The number of aryl methyl sites for hydroxylation is 2. The Morgan fingerprint density at radius 3 is 2.68 bits per heavy atom. The first kappa shape index (κ1) is 14.1. The van der Waals surface area contributed by atoms with Gasteiger partial charge in [-0.15, -0.1) is 0 Å². The molecule has 0 saturated heterocycles. The van der Waals surface area contributed by atoms with Gasteiger partial charge in [0.1, 0.15) is 0 Å². The van der Waals surface area contributed by atoms with Crippen LogP contribution in [0.4, 0.5) is 0 Å². The molecule has 104 valence electrons. The van der Waals surface area contributed by atoms with E-state index in [2.05, 4.69) is 29.4 Å². The summed E-state index contributed by atoms with van der Waals surface area (Å²) in [6.45, 7) is 8.36. The second-order valence-corrected chi connectivity index (χ2v) is 4.98. The summed E-state index contributed by atoms with van der Waals surface area (Å²) in [5.41, 5.74) is 4.26. The fraction of sp³-hybridized carbons (Fsp3) is 0.538. The molecule has 0 spiro atoms. The summed E-state index contributed by atoms with van der Waals surface area (Å²) < 4.78 is 3.91. The van der Waals surface area contributed by atoms with Gasteiger partial charge in [-0.05, 0) is 27.8 Å². The maximum Gasteiger partial charge on any atom is 0.0866 e. The summed E-state index contributed by atoms with van der Waals surface area (Å²) in [6.07, 6.45) is 1.90. The fourth-order valence-electron chi connectivity index (χ4n) is 2.17. The molecule has 1 N–H and O–H groups in total. The molecule has 0 amide bonds. The molecule has 2 aromatic heterocycles. The number of hydrogen-bond donors (Lipinski definition) is 1. The lowest BCUT2D eigenvalue weighted by Gasteiger charge is -2.08. The van der Waals surface area contributed by atoms with Crippen LogP contribution in [0.15, 0.2) is 6.20 Å². The Hall–Kier alpha value is -1.33. The summed E-state index contributed by atoms with van der Waals surface area (Å²) >= 11 is 6.33. The van der Waals surface area contributed by atoms with Gasteiger partial charge in [-0.2, -0.15) is 10.2 Å². The molecule has 0 aliphatic rings. The molecule has 0 bridgehead atoms. The maximum absolute atomic E-state index is 6.33. The number of halogens is 1. The van der Waals surface area contributed by atoms with E-state index in [-0.39, 0.29) is 0 Å². The molecule has 2 aromatic rings. The minimum absolute atomic E-state index is 0.656. The van der Waals surface area contributed by atoms with Crippen LogP contribution in [0.1, 0.15) is 29.6 Å². The Labute approximate surface area is 118 Å². The SMILES string of the molecule is CCn1nc(C)c(Cl)c1Cn1ncc(CNC)c1C. The molecule has 0 unspecified atom stereocenters. The minimum Gasteiger partial charge on any atom is -0.316 e. The smallest absolute Gasteiger partial charge is 0.0866 e. The molecule has 2 rings (SSSR count). The highest BCUT2D eigenvalue weighted by Gasteiger charge is 2.15. The Kier molecular flexibility index (Phi) is 4.27. The van der Waals surface area contributed by atoms with Crippen LogP contribution in [0.5, 0.6) is 0 Å². The van der Waals surface area contributed by atoms with Gasteiger partial charge in [0, 0.05) is 24.3 Å². The fourth-order valence-corrected chi connectivity index (χ4v) is 2.37. The van der Waals surface area contributed by atoms with Crippen molar-refractivity contribution in [2.24, 2.45) is 0 Å². The Bertz CT molecular complexity index is 570. The largest absolute Gasteiger partial charge is 0.316 e. The third kappa shape index (κ3) is 2.67. The second-order valence-electron chi connectivity index (χ2n) is 4.61. The Morgan fingerprint density at radius 2 is 2.05 bits per heavy atom. The Balaban J connectivity index is 2.31. The van der Waals surface area contributed by atoms with E-state index in [1.807, 2.05) is 29.5 Å². The molecule has 0 radical (unpaired) electrons. The summed E-state index contributed by atoms with van der Waals surface area (Å²) in [4.78, 5) is 0. The first-order valence-electron chi connectivity index (χ1n) is 6.46. The van der Waals surface area contributed by atoms with Gasteiger partial charge in [0.25, 0.3) is 0 Å². The number of aromatic nitrogens is 4. The van der Waals surface area contributed by atoms with E-state index in [9.17, 15) is 0 Å². The van der Waals surface area contributed by atoms with Crippen molar-refractivity contribution in [2.75, 3.05) is 7.05 Å². The van der Waals surface area contributed by atoms with E-state index in [0.717, 1.165) is 35.2 Å². The van der Waals surface area contributed by atoms with Crippen LogP contribution in [0.2, 0.25) is 5.02 Å². The van der Waals surface area contributed by atoms with Crippen LogP contribution < -0.4 is 5.32 Å². The van der Waals surface area contributed by atoms with Crippen LogP contribution in [-0.4, -0.2) is 26.6 Å². The summed E-state index contributed by atoms with van der Waals surface area (Å²) in [7, 11) is 1.93. The zero-order chi connectivity index (χ0) is 14.0. The topological polar surface area (TPSA) is 47.7 Å². The van der Waals surface area contributed by atoms with Gasteiger partial charge in [-0.1, -0.05) is 11.6 Å². The lowest BCUT2D eigenvalue weighted by molar-refractivity contribution is 0.568. The van der Waals surface area contributed by atoms with E-state index < -0.39 is 0 Å². The average molecular weight is 282 g/mol. The molecule has 19 heavy (non-hydrogen) atoms. The number of nitrogens with one attached hydrogen (secondary N) is 1. The molecule has 0 aliphatic carbocycles. The molecule has 0 atom stereocenters. The van der Waals surface area contributed by atoms with E-state index in [1.54, 1.807) is 0 Å². The number of rotatable bonds is 5. The summed E-state index contributed by atoms with van der Waals surface area (Å²) in [6, 6.07) is 0. The van der Waals surface area contributed by atoms with Crippen molar-refractivity contribution in [1.82, 2.24) is 24.9 Å². The third-order valence-electron chi connectivity index (χ3n) is 3.32. The quantitative estimate of drug-likeness (QED) is 0.913. The molecular weight excluding hydrogens is 262 g/mol. The van der Waals surface area contributed by atoms with E-state index >= 15 is 0 Å². The highest BCUT2D eigenvalue weighted by molar-refractivity contribution is 6.31. The molecule has 2 heterocycles. The van der Waals surface area contributed by atoms with Gasteiger partial charge < -0.3 is 5.32 Å². The van der Waals surface area contributed by atoms with Crippen LogP contribution >= 0.6 is 11.6 Å². The van der Waals surface area contributed by atoms with Gasteiger partial charge in [-0.25, -0.2) is 0 Å². The maximum atomic E-state index is 6.33. The molecule has 5 nitrogen and oxygen atoms in total. The molecular formula is C13H20ClN5.